The molecule has 0 radical (unpaired) electrons. The van der Waals surface area contributed by atoms with Crippen LogP contribution in [0.25, 0.3) is 0 Å². The summed E-state index contributed by atoms with van der Waals surface area (Å²) in [6.45, 7) is 8.55. The summed E-state index contributed by atoms with van der Waals surface area (Å²) in [4.78, 5) is 30.2. The minimum Gasteiger partial charge on any atom is -0.461 e. The van der Waals surface area contributed by atoms with Gasteiger partial charge in [-0.05, 0) is 52.2 Å². The summed E-state index contributed by atoms with van der Waals surface area (Å²) >= 11 is 0. The number of unbranched alkanes of at least 4 members (excludes halogenated alkanes) is 26. The molecule has 0 N–H and O–H groups in total. The van der Waals surface area contributed by atoms with Crippen molar-refractivity contribution in [1.29, 1.82) is 0 Å². The van der Waals surface area contributed by atoms with Gasteiger partial charge < -0.3 is 19.3 Å². The van der Waals surface area contributed by atoms with Crippen LogP contribution >= 0.6 is 0 Å². The van der Waals surface area contributed by atoms with Gasteiger partial charge in [0.05, 0.1) is 11.1 Å². The Labute approximate surface area is 322 Å². The molecule has 0 heterocycles. The van der Waals surface area contributed by atoms with E-state index in [1.165, 1.54) is 180 Å². The van der Waals surface area contributed by atoms with Gasteiger partial charge in [0.15, 0.2) is 0 Å². The number of carbonyl (C=O) groups is 2. The average Bonchev–Trinajstić information content (AvgIpc) is 3.15. The molecule has 0 aliphatic heterocycles. The van der Waals surface area contributed by atoms with Crippen LogP contribution in [0.2, 0.25) is 0 Å². The van der Waals surface area contributed by atoms with Gasteiger partial charge in [-0.1, -0.05) is 193 Å². The summed E-state index contributed by atoms with van der Waals surface area (Å²) in [5.74, 6) is -0.931. The van der Waals surface area contributed by atoms with E-state index in [4.69, 9.17) is 9.47 Å². The van der Waals surface area contributed by atoms with Gasteiger partial charge in [0.1, 0.15) is 13.2 Å². The number of rotatable bonds is 38. The highest BCUT2D eigenvalue weighted by atomic mass is 16.5. The maximum Gasteiger partial charge on any atom is 0.339 e. The van der Waals surface area contributed by atoms with Gasteiger partial charge in [0, 0.05) is 13.1 Å². The molecule has 0 bridgehead atoms. The molecule has 0 saturated heterocycles. The third kappa shape index (κ3) is 28.6. The summed E-state index contributed by atoms with van der Waals surface area (Å²) in [7, 11) is 4.16. The Balaban J connectivity index is 2.08. The SMILES string of the molecule is CCCCCCCCCCCCCCCCN(C)CCOC(=O)c1ccccc1C(=O)OCCN(C)CCCCCCCCCCCCCCCC. The van der Waals surface area contributed by atoms with E-state index in [-0.39, 0.29) is 11.1 Å². The molecule has 0 fully saturated rings. The Bertz CT molecular complexity index is 879. The molecule has 0 spiro atoms. The first-order valence-corrected chi connectivity index (χ1v) is 22.3. The van der Waals surface area contributed by atoms with Crippen LogP contribution in [0, 0.1) is 0 Å². The number of likely N-dealkylation sites (N-methyl/N-ethyl adjacent to an activating group) is 2. The highest BCUT2D eigenvalue weighted by Gasteiger charge is 2.19. The highest BCUT2D eigenvalue weighted by Crippen LogP contribution is 2.16. The Morgan fingerprint density at radius 1 is 0.404 bits per heavy atom. The number of hydrogen-bond acceptors (Lipinski definition) is 6. The molecule has 1 aromatic rings. The van der Waals surface area contributed by atoms with E-state index in [9.17, 15) is 9.59 Å². The highest BCUT2D eigenvalue weighted by molar-refractivity contribution is 6.03. The number of carbonyl (C=O) groups excluding carboxylic acids is 2. The van der Waals surface area contributed by atoms with Crippen LogP contribution in [0.4, 0.5) is 0 Å². The van der Waals surface area contributed by atoms with Gasteiger partial charge in [-0.3, -0.25) is 0 Å². The Morgan fingerprint density at radius 2 is 0.654 bits per heavy atom. The molecule has 6 heteroatoms. The smallest absolute Gasteiger partial charge is 0.339 e. The molecule has 0 aliphatic carbocycles. The molecule has 1 aromatic carbocycles. The first kappa shape index (κ1) is 48.1. The van der Waals surface area contributed by atoms with Crippen molar-refractivity contribution in [1.82, 2.24) is 9.80 Å². The van der Waals surface area contributed by atoms with Gasteiger partial charge in [-0.25, -0.2) is 9.59 Å². The Morgan fingerprint density at radius 3 is 0.923 bits per heavy atom. The quantitative estimate of drug-likeness (QED) is 0.0499. The van der Waals surface area contributed by atoms with Crippen LogP contribution in [-0.2, 0) is 9.47 Å². The van der Waals surface area contributed by atoms with Crippen molar-refractivity contribution in [3.8, 4) is 0 Å². The molecule has 6 nitrogen and oxygen atoms in total. The average molecular weight is 729 g/mol. The summed E-state index contributed by atoms with van der Waals surface area (Å²) in [6, 6.07) is 6.83. The monoisotopic (exact) mass is 729 g/mol. The molecule has 302 valence electrons. The van der Waals surface area contributed by atoms with E-state index in [1.807, 2.05) is 0 Å². The van der Waals surface area contributed by atoms with E-state index < -0.39 is 11.9 Å². The zero-order valence-corrected chi connectivity index (χ0v) is 34.9. The van der Waals surface area contributed by atoms with Crippen molar-refractivity contribution in [2.24, 2.45) is 0 Å². The molecule has 0 atom stereocenters. The van der Waals surface area contributed by atoms with E-state index in [0.717, 1.165) is 13.1 Å². The number of ether oxygens (including phenoxy) is 2. The predicted octanol–water partition coefficient (Wildman–Crippen LogP) is 12.8. The second-order valence-corrected chi connectivity index (χ2v) is 15.6. The van der Waals surface area contributed by atoms with Crippen molar-refractivity contribution in [2.45, 2.75) is 194 Å². The third-order valence-electron chi connectivity index (χ3n) is 10.6. The number of nitrogens with zero attached hydrogens (tertiary/aromatic N) is 2. The van der Waals surface area contributed by atoms with E-state index in [2.05, 4.69) is 37.7 Å². The van der Waals surface area contributed by atoms with Gasteiger partial charge in [0.2, 0.25) is 0 Å². The van der Waals surface area contributed by atoms with Crippen LogP contribution in [-0.4, -0.2) is 75.2 Å². The largest absolute Gasteiger partial charge is 0.461 e. The molecule has 0 aromatic heterocycles. The molecule has 0 amide bonds. The Hall–Kier alpha value is -1.92. The summed E-state index contributed by atoms with van der Waals surface area (Å²) in [5.41, 5.74) is 0.552. The maximum atomic E-state index is 12.9. The van der Waals surface area contributed by atoms with Crippen LogP contribution in [0.1, 0.15) is 214 Å². The predicted molar refractivity (Wildman–Crippen MR) is 223 cm³/mol. The number of esters is 2. The minimum atomic E-state index is -0.465. The van der Waals surface area contributed by atoms with Crippen molar-refractivity contribution in [3.05, 3.63) is 35.4 Å². The zero-order chi connectivity index (χ0) is 37.7. The molecule has 0 unspecified atom stereocenters. The zero-order valence-electron chi connectivity index (χ0n) is 34.9. The van der Waals surface area contributed by atoms with Crippen LogP contribution < -0.4 is 0 Å². The fourth-order valence-electron chi connectivity index (χ4n) is 6.96. The summed E-state index contributed by atoms with van der Waals surface area (Å²) < 4.78 is 11.2. The molecule has 1 rings (SSSR count). The van der Waals surface area contributed by atoms with Crippen molar-refractivity contribution in [2.75, 3.05) is 53.5 Å². The first-order valence-electron chi connectivity index (χ1n) is 22.3. The second kappa shape index (κ2) is 36.1. The first-order chi connectivity index (χ1) is 25.5. The third-order valence-corrected chi connectivity index (χ3v) is 10.6. The van der Waals surface area contributed by atoms with E-state index in [1.54, 1.807) is 24.3 Å². The maximum absolute atomic E-state index is 12.9. The van der Waals surface area contributed by atoms with E-state index in [0.29, 0.717) is 26.3 Å². The van der Waals surface area contributed by atoms with Gasteiger partial charge in [-0.15, -0.1) is 0 Å². The normalized spacial score (nSPS) is 11.5. The fraction of sp³-hybridized carbons (Fsp3) is 0.826. The molecule has 0 saturated carbocycles. The topological polar surface area (TPSA) is 59.1 Å². The van der Waals surface area contributed by atoms with Crippen LogP contribution in [0.3, 0.4) is 0 Å². The van der Waals surface area contributed by atoms with Gasteiger partial charge >= 0.3 is 11.9 Å². The lowest BCUT2D eigenvalue weighted by Crippen LogP contribution is -2.26. The fourth-order valence-corrected chi connectivity index (χ4v) is 6.96. The molecular weight excluding hydrogens is 645 g/mol. The molecule has 0 aliphatic rings. The van der Waals surface area contributed by atoms with Crippen molar-refractivity contribution >= 4 is 11.9 Å². The van der Waals surface area contributed by atoms with Gasteiger partial charge in [-0.2, -0.15) is 0 Å². The minimum absolute atomic E-state index is 0.276. The number of benzene rings is 1. The lowest BCUT2D eigenvalue weighted by atomic mass is 10.0. The van der Waals surface area contributed by atoms with Crippen molar-refractivity contribution in [3.63, 3.8) is 0 Å². The van der Waals surface area contributed by atoms with E-state index >= 15 is 0 Å². The van der Waals surface area contributed by atoms with Crippen molar-refractivity contribution < 1.29 is 19.1 Å². The number of hydrogen-bond donors (Lipinski definition) is 0. The van der Waals surface area contributed by atoms with Crippen LogP contribution in [0.15, 0.2) is 24.3 Å². The summed E-state index contributed by atoms with van der Waals surface area (Å²) in [5, 5.41) is 0. The van der Waals surface area contributed by atoms with Gasteiger partial charge in [0.25, 0.3) is 0 Å². The standard InChI is InChI=1S/C46H84N2O4/c1-5-7-9-11-13-15-17-19-21-23-25-27-29-33-37-47(3)39-41-51-45(49)43-35-31-32-36-44(43)46(50)52-42-40-48(4)38-34-30-28-26-24-22-20-18-16-14-12-10-8-6-2/h31-32,35-36H,5-30,33-34,37-42H2,1-4H3. The Kier molecular flexibility index (Phi) is 33.4. The lowest BCUT2D eigenvalue weighted by molar-refractivity contribution is 0.0426. The molecular formula is C46H84N2O4. The summed E-state index contributed by atoms with van der Waals surface area (Å²) in [6.07, 6.45) is 38.1. The van der Waals surface area contributed by atoms with Crippen LogP contribution in [0.5, 0.6) is 0 Å². The lowest BCUT2D eigenvalue weighted by Gasteiger charge is -2.17. The molecule has 52 heavy (non-hydrogen) atoms. The second-order valence-electron chi connectivity index (χ2n) is 15.6.